The number of benzene rings is 2. The van der Waals surface area contributed by atoms with Crippen LogP contribution in [-0.2, 0) is 10.0 Å². The minimum atomic E-state index is -4.12. The molecule has 0 bridgehead atoms. The van der Waals surface area contributed by atoms with Gasteiger partial charge in [-0.15, -0.1) is 0 Å². The highest BCUT2D eigenvalue weighted by molar-refractivity contribution is 7.89. The number of aromatic hydroxyl groups is 1. The predicted octanol–water partition coefficient (Wildman–Crippen LogP) is 2.89. The highest BCUT2D eigenvalue weighted by Crippen LogP contribution is 2.29. The van der Waals surface area contributed by atoms with Crippen LogP contribution in [0.25, 0.3) is 5.69 Å². The highest BCUT2D eigenvalue weighted by atomic mass is 32.2. The van der Waals surface area contributed by atoms with Gasteiger partial charge in [0.1, 0.15) is 16.5 Å². The summed E-state index contributed by atoms with van der Waals surface area (Å²) >= 11 is 0. The Balaban J connectivity index is 2.13. The molecular weight excluding hydrogens is 443 g/mol. The number of aromatic nitrogens is 2. The summed E-state index contributed by atoms with van der Waals surface area (Å²) in [6.07, 6.45) is 2.33. The van der Waals surface area contributed by atoms with Crippen molar-refractivity contribution in [3.8, 4) is 11.4 Å². The fourth-order valence-corrected chi connectivity index (χ4v) is 4.79. The van der Waals surface area contributed by atoms with Crippen LogP contribution in [0.1, 0.15) is 29.8 Å². The van der Waals surface area contributed by atoms with Crippen LogP contribution in [0.3, 0.4) is 0 Å². The fraction of sp³-hybridized carbons (Fsp3) is 0.200. The van der Waals surface area contributed by atoms with Crippen molar-refractivity contribution in [1.82, 2.24) is 14.1 Å². The van der Waals surface area contributed by atoms with Crippen molar-refractivity contribution in [1.29, 1.82) is 0 Å². The Hall–Kier alpha value is -3.64. The summed E-state index contributed by atoms with van der Waals surface area (Å²) in [5.41, 5.74) is -0.766. The molecule has 0 amide bonds. The molecule has 0 aliphatic carbocycles. The lowest BCUT2D eigenvalue weighted by molar-refractivity contribution is -0.385. The van der Waals surface area contributed by atoms with Crippen molar-refractivity contribution in [2.45, 2.75) is 18.7 Å². The number of carbonyl (C=O) groups is 1. The minimum absolute atomic E-state index is 0.00925. The molecule has 32 heavy (non-hydrogen) atoms. The molecule has 0 unspecified atom stereocenters. The maximum atomic E-state index is 13.5. The normalized spacial score (nSPS) is 11.6. The molecule has 168 valence electrons. The molecule has 2 aromatic carbocycles. The molecule has 1 aromatic heterocycles. The summed E-state index contributed by atoms with van der Waals surface area (Å²) in [5, 5.41) is 25.1. The number of halogens is 1. The van der Waals surface area contributed by atoms with E-state index in [1.54, 1.807) is 13.8 Å². The second-order valence-corrected chi connectivity index (χ2v) is 8.57. The minimum Gasteiger partial charge on any atom is -0.507 e. The third-order valence-electron chi connectivity index (χ3n) is 4.77. The molecule has 0 saturated heterocycles. The summed E-state index contributed by atoms with van der Waals surface area (Å²) in [4.78, 5) is 22.8. The smallest absolute Gasteiger partial charge is 0.270 e. The number of hydrogen-bond acceptors (Lipinski definition) is 7. The number of rotatable bonds is 8. The molecule has 12 heteroatoms. The number of phenols is 1. The Morgan fingerprint density at radius 2 is 1.91 bits per heavy atom. The van der Waals surface area contributed by atoms with Crippen LogP contribution < -0.4 is 0 Å². The van der Waals surface area contributed by atoms with Crippen LogP contribution in [0.5, 0.6) is 5.75 Å². The molecule has 0 radical (unpaired) electrons. The monoisotopic (exact) mass is 462 g/mol. The number of nitro benzene ring substituents is 1. The fourth-order valence-electron chi connectivity index (χ4n) is 3.13. The van der Waals surface area contributed by atoms with Gasteiger partial charge in [-0.25, -0.2) is 17.5 Å². The number of hydrogen-bond donors (Lipinski definition) is 1. The zero-order valence-electron chi connectivity index (χ0n) is 17.1. The van der Waals surface area contributed by atoms with Crippen LogP contribution in [0.15, 0.2) is 53.7 Å². The zero-order valence-corrected chi connectivity index (χ0v) is 17.9. The van der Waals surface area contributed by atoms with Gasteiger partial charge in [0.15, 0.2) is 5.78 Å². The van der Waals surface area contributed by atoms with Gasteiger partial charge >= 0.3 is 0 Å². The summed E-state index contributed by atoms with van der Waals surface area (Å²) in [5.74, 6) is -1.88. The first-order valence-corrected chi connectivity index (χ1v) is 10.9. The third kappa shape index (κ3) is 4.22. The highest BCUT2D eigenvalue weighted by Gasteiger charge is 2.28. The quantitative estimate of drug-likeness (QED) is 0.309. The van der Waals surface area contributed by atoms with Crippen LogP contribution in [-0.4, -0.2) is 51.4 Å². The molecule has 0 atom stereocenters. The Labute approximate surface area is 182 Å². The molecule has 1 heterocycles. The number of nitrogens with zero attached hydrogens (tertiary/aromatic N) is 4. The molecular formula is C20H19FN4O6S. The van der Waals surface area contributed by atoms with E-state index in [2.05, 4.69) is 5.10 Å². The number of nitro groups is 1. The Morgan fingerprint density at radius 3 is 2.53 bits per heavy atom. The van der Waals surface area contributed by atoms with Gasteiger partial charge in [-0.05, 0) is 24.3 Å². The lowest BCUT2D eigenvalue weighted by Gasteiger charge is -2.20. The molecule has 0 aliphatic heterocycles. The Bertz CT molecular complexity index is 1300. The molecule has 3 aromatic rings. The van der Waals surface area contributed by atoms with Crippen LogP contribution in [0.2, 0.25) is 0 Å². The number of phenolic OH excluding ortho intramolecular Hbond substituents is 1. The van der Waals surface area contributed by atoms with E-state index in [0.717, 1.165) is 45.5 Å². The first-order valence-electron chi connectivity index (χ1n) is 9.47. The van der Waals surface area contributed by atoms with E-state index in [1.165, 1.54) is 12.3 Å². The van der Waals surface area contributed by atoms with Gasteiger partial charge < -0.3 is 5.11 Å². The molecule has 3 rings (SSSR count). The SMILES string of the molecule is CCN(CC)S(=O)(=O)c1cc([N+](=O)[O-])ccc1-n1cc(C(=O)c2cc(F)ccc2O)cn1. The molecule has 0 saturated carbocycles. The first kappa shape index (κ1) is 23.0. The molecule has 0 aliphatic rings. The second kappa shape index (κ2) is 8.85. The van der Waals surface area contributed by atoms with Gasteiger partial charge in [-0.3, -0.25) is 14.9 Å². The van der Waals surface area contributed by atoms with E-state index < -0.39 is 38.0 Å². The lowest BCUT2D eigenvalue weighted by Crippen LogP contribution is -2.31. The van der Waals surface area contributed by atoms with Gasteiger partial charge in [0, 0.05) is 31.4 Å². The van der Waals surface area contributed by atoms with E-state index in [0.29, 0.717) is 0 Å². The maximum absolute atomic E-state index is 13.5. The summed E-state index contributed by atoms with van der Waals surface area (Å²) in [6, 6.07) is 6.18. The van der Waals surface area contributed by atoms with Crippen LogP contribution >= 0.6 is 0 Å². The van der Waals surface area contributed by atoms with Crippen molar-refractivity contribution in [2.24, 2.45) is 0 Å². The molecule has 10 nitrogen and oxygen atoms in total. The van der Waals surface area contributed by atoms with Gasteiger partial charge in [0.05, 0.1) is 27.9 Å². The van der Waals surface area contributed by atoms with Gasteiger partial charge in [-0.2, -0.15) is 9.40 Å². The average Bonchev–Trinajstić information content (AvgIpc) is 3.25. The number of carbonyl (C=O) groups excluding carboxylic acids is 1. The molecule has 1 N–H and O–H groups in total. The topological polar surface area (TPSA) is 136 Å². The maximum Gasteiger partial charge on any atom is 0.270 e. The number of non-ortho nitro benzene ring substituents is 1. The standard InChI is InChI=1S/C20H19FN4O6S/c1-3-23(4-2)32(30,31)19-10-15(25(28)29)6-7-17(19)24-12-13(11-22-24)20(27)16-9-14(21)5-8-18(16)26/h5-12,26H,3-4H2,1-2H3. The molecule has 0 fully saturated rings. The second-order valence-electron chi connectivity index (χ2n) is 6.66. The Kier molecular flexibility index (Phi) is 6.37. The number of sulfonamides is 1. The summed E-state index contributed by atoms with van der Waals surface area (Å²) in [6.45, 7) is 3.55. The average molecular weight is 462 g/mol. The van der Waals surface area contributed by atoms with Crippen molar-refractivity contribution in [3.63, 3.8) is 0 Å². The van der Waals surface area contributed by atoms with Crippen molar-refractivity contribution < 1.29 is 27.6 Å². The third-order valence-corrected chi connectivity index (χ3v) is 6.85. The largest absolute Gasteiger partial charge is 0.507 e. The van der Waals surface area contributed by atoms with Crippen LogP contribution in [0, 0.1) is 15.9 Å². The Morgan fingerprint density at radius 1 is 1.22 bits per heavy atom. The lowest BCUT2D eigenvalue weighted by atomic mass is 10.1. The van der Waals surface area contributed by atoms with E-state index in [4.69, 9.17) is 0 Å². The van der Waals surface area contributed by atoms with E-state index in [-0.39, 0.29) is 34.8 Å². The van der Waals surface area contributed by atoms with E-state index in [1.807, 2.05) is 0 Å². The molecule has 0 spiro atoms. The van der Waals surface area contributed by atoms with Crippen molar-refractivity contribution in [3.05, 3.63) is 75.9 Å². The first-order chi connectivity index (χ1) is 15.1. The van der Waals surface area contributed by atoms with Gasteiger partial charge in [-0.1, -0.05) is 13.8 Å². The van der Waals surface area contributed by atoms with Gasteiger partial charge in [0.25, 0.3) is 5.69 Å². The zero-order chi connectivity index (χ0) is 23.6. The summed E-state index contributed by atoms with van der Waals surface area (Å²) in [7, 11) is -4.12. The van der Waals surface area contributed by atoms with E-state index >= 15 is 0 Å². The van der Waals surface area contributed by atoms with E-state index in [9.17, 15) is 32.8 Å². The predicted molar refractivity (Wildman–Crippen MR) is 112 cm³/mol. The number of ketones is 1. The summed E-state index contributed by atoms with van der Waals surface area (Å²) < 4.78 is 42.0. The van der Waals surface area contributed by atoms with Crippen LogP contribution in [0.4, 0.5) is 10.1 Å². The van der Waals surface area contributed by atoms with Crippen molar-refractivity contribution in [2.75, 3.05) is 13.1 Å². The van der Waals surface area contributed by atoms with Crippen molar-refractivity contribution >= 4 is 21.5 Å². The van der Waals surface area contributed by atoms with Gasteiger partial charge in [0.2, 0.25) is 10.0 Å².